The Bertz CT molecular complexity index is 419. The van der Waals surface area contributed by atoms with Gasteiger partial charge in [-0.15, -0.1) is 0 Å². The number of oxime groups is 1. The van der Waals surface area contributed by atoms with Crippen LogP contribution in [0.25, 0.3) is 0 Å². The minimum Gasteiger partial charge on any atom is -0.411 e. The van der Waals surface area contributed by atoms with Crippen molar-refractivity contribution in [3.63, 3.8) is 0 Å². The molecule has 0 radical (unpaired) electrons. The second kappa shape index (κ2) is 3.37. The number of hydrogen-bond donors (Lipinski definition) is 1. The van der Waals surface area contributed by atoms with Crippen molar-refractivity contribution in [2.75, 3.05) is 0 Å². The molecule has 1 N–H and O–H groups in total. The molecule has 0 heterocycles. The van der Waals surface area contributed by atoms with E-state index in [9.17, 15) is 0 Å². The summed E-state index contributed by atoms with van der Waals surface area (Å²) in [6.45, 7) is 6.56. The molecule has 0 unspecified atom stereocenters. The van der Waals surface area contributed by atoms with Crippen molar-refractivity contribution >= 4 is 5.71 Å². The van der Waals surface area contributed by atoms with Gasteiger partial charge in [-0.05, 0) is 36.8 Å². The first kappa shape index (κ1) is 10.2. The highest BCUT2D eigenvalue weighted by Crippen LogP contribution is 2.37. The lowest BCUT2D eigenvalue weighted by Gasteiger charge is -2.32. The Morgan fingerprint density at radius 1 is 1.33 bits per heavy atom. The fraction of sp³-hybridized carbons (Fsp3) is 0.462. The molecule has 0 aromatic heterocycles. The standard InChI is InChI=1S/C13H17NO/c1-9-4-5-11-10(8-9)12(14-15)6-7-13(11,2)3/h4-5,8,15H,6-7H2,1-3H3. The lowest BCUT2D eigenvalue weighted by molar-refractivity contribution is 0.315. The summed E-state index contributed by atoms with van der Waals surface area (Å²) < 4.78 is 0. The molecule has 1 aliphatic rings. The van der Waals surface area contributed by atoms with Crippen LogP contribution >= 0.6 is 0 Å². The number of benzene rings is 1. The fourth-order valence-corrected chi connectivity index (χ4v) is 2.29. The van der Waals surface area contributed by atoms with Crippen molar-refractivity contribution in [2.45, 2.75) is 39.0 Å². The van der Waals surface area contributed by atoms with Crippen LogP contribution in [0.1, 0.15) is 43.4 Å². The van der Waals surface area contributed by atoms with Gasteiger partial charge in [-0.3, -0.25) is 0 Å². The number of aryl methyl sites for hydroxylation is 1. The van der Waals surface area contributed by atoms with E-state index >= 15 is 0 Å². The van der Waals surface area contributed by atoms with E-state index in [-0.39, 0.29) is 5.41 Å². The third-order valence-electron chi connectivity index (χ3n) is 3.32. The molecule has 0 amide bonds. The number of nitrogens with zero attached hydrogens (tertiary/aromatic N) is 1. The van der Waals surface area contributed by atoms with Crippen LogP contribution in [0.3, 0.4) is 0 Å². The first-order chi connectivity index (χ1) is 7.04. The number of fused-ring (bicyclic) bond motifs is 1. The van der Waals surface area contributed by atoms with Crippen molar-refractivity contribution in [2.24, 2.45) is 5.16 Å². The Morgan fingerprint density at radius 3 is 2.73 bits per heavy atom. The minimum absolute atomic E-state index is 0.192. The quantitative estimate of drug-likeness (QED) is 0.509. The second-order valence-electron chi connectivity index (χ2n) is 4.98. The lowest BCUT2D eigenvalue weighted by Crippen LogP contribution is -2.27. The summed E-state index contributed by atoms with van der Waals surface area (Å²) in [5, 5.41) is 12.4. The summed E-state index contributed by atoms with van der Waals surface area (Å²) in [5.41, 5.74) is 4.65. The van der Waals surface area contributed by atoms with E-state index in [4.69, 9.17) is 5.21 Å². The zero-order valence-corrected chi connectivity index (χ0v) is 9.54. The molecule has 2 nitrogen and oxygen atoms in total. The van der Waals surface area contributed by atoms with E-state index in [1.807, 2.05) is 0 Å². The van der Waals surface area contributed by atoms with Crippen LogP contribution in [0.2, 0.25) is 0 Å². The van der Waals surface area contributed by atoms with Crippen molar-refractivity contribution < 1.29 is 5.21 Å². The van der Waals surface area contributed by atoms with Gasteiger partial charge in [0, 0.05) is 5.56 Å². The molecule has 0 saturated heterocycles. The van der Waals surface area contributed by atoms with Gasteiger partial charge < -0.3 is 5.21 Å². The lowest BCUT2D eigenvalue weighted by atomic mass is 9.72. The topological polar surface area (TPSA) is 32.6 Å². The van der Waals surface area contributed by atoms with E-state index in [1.54, 1.807) is 0 Å². The summed E-state index contributed by atoms with van der Waals surface area (Å²) in [6, 6.07) is 6.40. The van der Waals surface area contributed by atoms with Gasteiger partial charge >= 0.3 is 0 Å². The van der Waals surface area contributed by atoms with Crippen molar-refractivity contribution in [3.8, 4) is 0 Å². The van der Waals surface area contributed by atoms with Gasteiger partial charge in [0.2, 0.25) is 0 Å². The Morgan fingerprint density at radius 2 is 2.07 bits per heavy atom. The van der Waals surface area contributed by atoms with E-state index in [0.717, 1.165) is 24.1 Å². The molecular formula is C13H17NO. The maximum absolute atomic E-state index is 8.99. The largest absolute Gasteiger partial charge is 0.411 e. The Kier molecular flexibility index (Phi) is 2.29. The molecule has 2 rings (SSSR count). The van der Waals surface area contributed by atoms with Gasteiger partial charge in [-0.25, -0.2) is 0 Å². The second-order valence-corrected chi connectivity index (χ2v) is 4.98. The SMILES string of the molecule is Cc1ccc2c(c1)C(=NO)CCC2(C)C. The van der Waals surface area contributed by atoms with Crippen LogP contribution in [0.15, 0.2) is 23.4 Å². The van der Waals surface area contributed by atoms with Gasteiger partial charge in [0.25, 0.3) is 0 Å². The van der Waals surface area contributed by atoms with E-state index in [1.165, 1.54) is 11.1 Å². The van der Waals surface area contributed by atoms with Crippen LogP contribution in [-0.4, -0.2) is 10.9 Å². The smallest absolute Gasteiger partial charge is 0.0871 e. The molecule has 0 fully saturated rings. The predicted molar refractivity (Wildman–Crippen MR) is 61.8 cm³/mol. The van der Waals surface area contributed by atoms with Gasteiger partial charge in [-0.1, -0.05) is 36.7 Å². The summed E-state index contributed by atoms with van der Waals surface area (Å²) in [5.74, 6) is 0. The maximum atomic E-state index is 8.99. The highest BCUT2D eigenvalue weighted by atomic mass is 16.4. The molecule has 0 spiro atoms. The molecule has 1 aromatic rings. The minimum atomic E-state index is 0.192. The normalized spacial score (nSPS) is 21.4. The van der Waals surface area contributed by atoms with Crippen LogP contribution < -0.4 is 0 Å². The molecule has 0 aliphatic heterocycles. The van der Waals surface area contributed by atoms with Gasteiger partial charge in [-0.2, -0.15) is 0 Å². The molecule has 2 heteroatoms. The highest BCUT2D eigenvalue weighted by Gasteiger charge is 2.30. The van der Waals surface area contributed by atoms with Crippen LogP contribution in [0.5, 0.6) is 0 Å². The number of rotatable bonds is 0. The van der Waals surface area contributed by atoms with Crippen molar-refractivity contribution in [1.82, 2.24) is 0 Å². The summed E-state index contributed by atoms with van der Waals surface area (Å²) in [6.07, 6.45) is 1.91. The molecule has 15 heavy (non-hydrogen) atoms. The summed E-state index contributed by atoms with van der Waals surface area (Å²) >= 11 is 0. The highest BCUT2D eigenvalue weighted by molar-refractivity contribution is 6.03. The first-order valence-corrected chi connectivity index (χ1v) is 5.37. The van der Waals surface area contributed by atoms with Gasteiger partial charge in [0.05, 0.1) is 5.71 Å². The van der Waals surface area contributed by atoms with Gasteiger partial charge in [0.15, 0.2) is 0 Å². The predicted octanol–water partition coefficient (Wildman–Crippen LogP) is 3.24. The Hall–Kier alpha value is -1.31. The average molecular weight is 203 g/mol. The fourth-order valence-electron chi connectivity index (χ4n) is 2.29. The monoisotopic (exact) mass is 203 g/mol. The summed E-state index contributed by atoms with van der Waals surface area (Å²) in [7, 11) is 0. The van der Waals surface area contributed by atoms with Gasteiger partial charge in [0.1, 0.15) is 0 Å². The van der Waals surface area contributed by atoms with Crippen LogP contribution in [0, 0.1) is 6.92 Å². The molecule has 0 bridgehead atoms. The van der Waals surface area contributed by atoms with Crippen molar-refractivity contribution in [3.05, 3.63) is 34.9 Å². The molecule has 0 saturated carbocycles. The number of hydrogen-bond acceptors (Lipinski definition) is 2. The summed E-state index contributed by atoms with van der Waals surface area (Å²) in [4.78, 5) is 0. The molecular weight excluding hydrogens is 186 g/mol. The van der Waals surface area contributed by atoms with E-state index < -0.39 is 0 Å². The third kappa shape index (κ3) is 1.65. The molecule has 1 aliphatic carbocycles. The van der Waals surface area contributed by atoms with Crippen LogP contribution in [-0.2, 0) is 5.41 Å². The molecule has 80 valence electrons. The molecule has 0 atom stereocenters. The van der Waals surface area contributed by atoms with E-state index in [2.05, 4.69) is 44.1 Å². The molecule has 1 aromatic carbocycles. The first-order valence-electron chi connectivity index (χ1n) is 5.37. The Labute approximate surface area is 90.6 Å². The van der Waals surface area contributed by atoms with Crippen LogP contribution in [0.4, 0.5) is 0 Å². The average Bonchev–Trinajstić information content (AvgIpc) is 2.17. The zero-order valence-electron chi connectivity index (χ0n) is 9.54. The zero-order chi connectivity index (χ0) is 11.1. The van der Waals surface area contributed by atoms with Crippen molar-refractivity contribution in [1.29, 1.82) is 0 Å². The Balaban J connectivity index is 2.64. The maximum Gasteiger partial charge on any atom is 0.0871 e. The third-order valence-corrected chi connectivity index (χ3v) is 3.32. The van der Waals surface area contributed by atoms with E-state index in [0.29, 0.717) is 0 Å².